The lowest BCUT2D eigenvalue weighted by atomic mass is 10.1. The van der Waals surface area contributed by atoms with Crippen molar-refractivity contribution in [3.63, 3.8) is 0 Å². The third-order valence-corrected chi connectivity index (χ3v) is 3.63. The summed E-state index contributed by atoms with van der Waals surface area (Å²) >= 11 is 8.53. The lowest BCUT2D eigenvalue weighted by Gasteiger charge is -2.18. The number of nitrogens with one attached hydrogen (secondary N) is 1. The van der Waals surface area contributed by atoms with E-state index in [2.05, 4.69) is 40.3 Å². The van der Waals surface area contributed by atoms with Crippen LogP contribution in [0, 0.1) is 0 Å². The van der Waals surface area contributed by atoms with Crippen LogP contribution in [0.3, 0.4) is 0 Å². The van der Waals surface area contributed by atoms with Crippen molar-refractivity contribution < 1.29 is 0 Å². The molecule has 2 aromatic carbocycles. The molecular formula is C15H15BrN2S. The number of anilines is 1. The molecule has 0 heterocycles. The van der Waals surface area contributed by atoms with E-state index in [1.54, 1.807) is 0 Å². The van der Waals surface area contributed by atoms with Gasteiger partial charge in [-0.3, -0.25) is 0 Å². The van der Waals surface area contributed by atoms with Gasteiger partial charge in [0.1, 0.15) is 4.99 Å². The predicted molar refractivity (Wildman–Crippen MR) is 88.5 cm³/mol. The fraction of sp³-hybridized carbons (Fsp3) is 0.133. The van der Waals surface area contributed by atoms with E-state index in [1.165, 1.54) is 5.56 Å². The first kappa shape index (κ1) is 14.0. The van der Waals surface area contributed by atoms with Gasteiger partial charge in [0.25, 0.3) is 0 Å². The standard InChI is InChI=1S/C15H15BrN2S/c1-10(11-5-3-2-4-6-11)18-14-8-7-12(16)9-13(14)15(17)19/h2-10,18H,1H3,(H2,17,19). The third kappa shape index (κ3) is 3.55. The van der Waals surface area contributed by atoms with Gasteiger partial charge in [0.15, 0.2) is 0 Å². The van der Waals surface area contributed by atoms with Crippen LogP contribution in [0.4, 0.5) is 5.69 Å². The first-order valence-corrected chi connectivity index (χ1v) is 7.19. The second kappa shape index (κ2) is 6.17. The van der Waals surface area contributed by atoms with Crippen LogP contribution in [0.1, 0.15) is 24.1 Å². The second-order valence-corrected chi connectivity index (χ2v) is 5.69. The minimum absolute atomic E-state index is 0.190. The van der Waals surface area contributed by atoms with Crippen molar-refractivity contribution in [1.29, 1.82) is 0 Å². The highest BCUT2D eigenvalue weighted by atomic mass is 79.9. The molecule has 0 saturated carbocycles. The van der Waals surface area contributed by atoms with Crippen molar-refractivity contribution in [1.82, 2.24) is 0 Å². The lowest BCUT2D eigenvalue weighted by molar-refractivity contribution is 0.884. The summed E-state index contributed by atoms with van der Waals surface area (Å²) in [4.78, 5) is 0.393. The molecule has 0 radical (unpaired) electrons. The average Bonchev–Trinajstić information content (AvgIpc) is 2.41. The molecule has 19 heavy (non-hydrogen) atoms. The van der Waals surface area contributed by atoms with Crippen molar-refractivity contribution in [2.45, 2.75) is 13.0 Å². The normalized spacial score (nSPS) is 11.9. The van der Waals surface area contributed by atoms with E-state index in [-0.39, 0.29) is 6.04 Å². The number of hydrogen-bond donors (Lipinski definition) is 2. The van der Waals surface area contributed by atoms with E-state index in [0.717, 1.165) is 15.7 Å². The van der Waals surface area contributed by atoms with Gasteiger partial charge < -0.3 is 11.1 Å². The Balaban J connectivity index is 2.26. The van der Waals surface area contributed by atoms with Crippen LogP contribution in [0.25, 0.3) is 0 Å². The van der Waals surface area contributed by atoms with Crippen LogP contribution < -0.4 is 11.1 Å². The Morgan fingerprint density at radius 1 is 1.21 bits per heavy atom. The zero-order chi connectivity index (χ0) is 13.8. The van der Waals surface area contributed by atoms with Crippen LogP contribution in [0.5, 0.6) is 0 Å². The molecule has 0 saturated heterocycles. The summed E-state index contributed by atoms with van der Waals surface area (Å²) < 4.78 is 0.966. The van der Waals surface area contributed by atoms with E-state index in [0.29, 0.717) is 4.99 Å². The summed E-state index contributed by atoms with van der Waals surface area (Å²) in [5.41, 5.74) is 8.79. The smallest absolute Gasteiger partial charge is 0.106 e. The number of thiocarbonyl (C=S) groups is 1. The molecule has 2 aromatic rings. The van der Waals surface area contributed by atoms with Crippen LogP contribution in [0.15, 0.2) is 53.0 Å². The Morgan fingerprint density at radius 2 is 1.89 bits per heavy atom. The van der Waals surface area contributed by atoms with Gasteiger partial charge in [-0.15, -0.1) is 0 Å². The average molecular weight is 335 g/mol. The van der Waals surface area contributed by atoms with E-state index in [4.69, 9.17) is 18.0 Å². The minimum atomic E-state index is 0.190. The van der Waals surface area contributed by atoms with Crippen LogP contribution in [-0.4, -0.2) is 4.99 Å². The molecule has 0 aromatic heterocycles. The third-order valence-electron chi connectivity index (χ3n) is 2.92. The van der Waals surface area contributed by atoms with Gasteiger partial charge in [-0.2, -0.15) is 0 Å². The van der Waals surface area contributed by atoms with Gasteiger partial charge >= 0.3 is 0 Å². The molecule has 3 N–H and O–H groups in total. The van der Waals surface area contributed by atoms with E-state index < -0.39 is 0 Å². The lowest BCUT2D eigenvalue weighted by Crippen LogP contribution is -2.15. The molecule has 0 bridgehead atoms. The number of rotatable bonds is 4. The zero-order valence-corrected chi connectivity index (χ0v) is 13.0. The predicted octanol–water partition coefficient (Wildman–Crippen LogP) is 4.26. The Bertz CT molecular complexity index is 584. The summed E-state index contributed by atoms with van der Waals surface area (Å²) in [6.07, 6.45) is 0. The molecule has 0 aliphatic heterocycles. The van der Waals surface area contributed by atoms with E-state index >= 15 is 0 Å². The van der Waals surface area contributed by atoms with Crippen molar-refractivity contribution in [3.05, 3.63) is 64.1 Å². The van der Waals surface area contributed by atoms with Crippen molar-refractivity contribution >= 4 is 38.8 Å². The zero-order valence-electron chi connectivity index (χ0n) is 10.6. The summed E-state index contributed by atoms with van der Waals surface area (Å²) in [7, 11) is 0. The van der Waals surface area contributed by atoms with Crippen molar-refractivity contribution in [3.8, 4) is 0 Å². The number of hydrogen-bond acceptors (Lipinski definition) is 2. The highest BCUT2D eigenvalue weighted by Gasteiger charge is 2.10. The molecule has 1 atom stereocenters. The largest absolute Gasteiger partial charge is 0.389 e. The molecule has 0 fully saturated rings. The fourth-order valence-electron chi connectivity index (χ4n) is 1.90. The van der Waals surface area contributed by atoms with E-state index in [9.17, 15) is 0 Å². The van der Waals surface area contributed by atoms with Crippen molar-refractivity contribution in [2.24, 2.45) is 5.73 Å². The molecule has 4 heteroatoms. The van der Waals surface area contributed by atoms with Crippen LogP contribution in [-0.2, 0) is 0 Å². The minimum Gasteiger partial charge on any atom is -0.389 e. The summed E-state index contributed by atoms with van der Waals surface area (Å²) in [6.45, 7) is 2.11. The SMILES string of the molecule is CC(Nc1ccc(Br)cc1C(N)=S)c1ccccc1. The molecular weight excluding hydrogens is 320 g/mol. The maximum Gasteiger partial charge on any atom is 0.106 e. The van der Waals surface area contributed by atoms with Gasteiger partial charge in [-0.25, -0.2) is 0 Å². The topological polar surface area (TPSA) is 38.0 Å². The number of benzene rings is 2. The first-order valence-electron chi connectivity index (χ1n) is 5.99. The highest BCUT2D eigenvalue weighted by molar-refractivity contribution is 9.10. The van der Waals surface area contributed by atoms with Gasteiger partial charge in [0.2, 0.25) is 0 Å². The number of nitrogens with two attached hydrogens (primary N) is 1. The fourth-order valence-corrected chi connectivity index (χ4v) is 2.43. The Labute approximate surface area is 127 Å². The van der Waals surface area contributed by atoms with Crippen LogP contribution in [0.2, 0.25) is 0 Å². The molecule has 1 unspecified atom stereocenters. The molecule has 2 nitrogen and oxygen atoms in total. The Hall–Kier alpha value is -1.39. The maximum absolute atomic E-state index is 5.77. The maximum atomic E-state index is 5.77. The Kier molecular flexibility index (Phi) is 4.56. The first-order chi connectivity index (χ1) is 9.08. The quantitative estimate of drug-likeness (QED) is 0.820. The molecule has 0 aliphatic rings. The summed E-state index contributed by atoms with van der Waals surface area (Å²) in [6, 6.07) is 16.3. The second-order valence-electron chi connectivity index (χ2n) is 4.33. The monoisotopic (exact) mass is 334 g/mol. The van der Waals surface area contributed by atoms with Crippen LogP contribution >= 0.6 is 28.1 Å². The molecule has 0 spiro atoms. The van der Waals surface area contributed by atoms with E-state index in [1.807, 2.05) is 36.4 Å². The molecule has 2 rings (SSSR count). The Morgan fingerprint density at radius 3 is 2.53 bits per heavy atom. The highest BCUT2D eigenvalue weighted by Crippen LogP contribution is 2.25. The van der Waals surface area contributed by atoms with Gasteiger partial charge in [0.05, 0.1) is 0 Å². The molecule has 98 valence electrons. The van der Waals surface area contributed by atoms with Crippen molar-refractivity contribution in [2.75, 3.05) is 5.32 Å². The summed E-state index contributed by atoms with van der Waals surface area (Å²) in [5.74, 6) is 0. The molecule has 0 amide bonds. The summed E-state index contributed by atoms with van der Waals surface area (Å²) in [5, 5.41) is 3.45. The van der Waals surface area contributed by atoms with Gasteiger partial charge in [-0.05, 0) is 30.7 Å². The van der Waals surface area contributed by atoms with Gasteiger partial charge in [-0.1, -0.05) is 58.5 Å². The van der Waals surface area contributed by atoms with Gasteiger partial charge in [0, 0.05) is 21.8 Å². The number of halogens is 1. The molecule has 0 aliphatic carbocycles.